The van der Waals surface area contributed by atoms with E-state index >= 15 is 0 Å². The molecule has 3 rings (SSSR count). The number of esters is 1. The zero-order chi connectivity index (χ0) is 22.4. The molecule has 0 aliphatic carbocycles. The summed E-state index contributed by atoms with van der Waals surface area (Å²) in [6, 6.07) is 12.2. The number of nitrogens with zero attached hydrogens (tertiary/aromatic N) is 3. The molecule has 7 nitrogen and oxygen atoms in total. The number of rotatable bonds is 9. The lowest BCUT2D eigenvalue weighted by molar-refractivity contribution is 0.0600. The Morgan fingerprint density at radius 3 is 2.34 bits per heavy atom. The molecule has 172 valence electrons. The predicted molar refractivity (Wildman–Crippen MR) is 131 cm³/mol. The van der Waals surface area contributed by atoms with Crippen molar-refractivity contribution in [2.24, 2.45) is 0 Å². The van der Waals surface area contributed by atoms with Crippen molar-refractivity contribution in [2.75, 3.05) is 45.8 Å². The Morgan fingerprint density at radius 2 is 1.72 bits per heavy atom. The van der Waals surface area contributed by atoms with Crippen molar-refractivity contribution in [3.8, 4) is 5.75 Å². The minimum atomic E-state index is -0.432. The number of aromatic nitrogens is 1. The molecule has 32 heavy (non-hydrogen) atoms. The van der Waals surface area contributed by atoms with Crippen molar-refractivity contribution in [3.63, 3.8) is 0 Å². The Kier molecular flexibility index (Phi) is 9.43. The number of anilines is 1. The molecule has 1 amide bonds. The van der Waals surface area contributed by atoms with Gasteiger partial charge in [0.15, 0.2) is 5.13 Å². The molecule has 0 saturated heterocycles. The third kappa shape index (κ3) is 6.18. The number of halogens is 1. The molecule has 0 aliphatic heterocycles. The Morgan fingerprint density at radius 1 is 1.03 bits per heavy atom. The van der Waals surface area contributed by atoms with Gasteiger partial charge in [0, 0.05) is 12.1 Å². The molecular formula is C23H28ClN3O4S. The molecule has 0 radical (unpaired) electrons. The summed E-state index contributed by atoms with van der Waals surface area (Å²) in [5, 5.41) is 0.643. The van der Waals surface area contributed by atoms with E-state index < -0.39 is 5.97 Å². The van der Waals surface area contributed by atoms with Crippen molar-refractivity contribution in [2.45, 2.75) is 13.3 Å². The first-order valence-corrected chi connectivity index (χ1v) is 10.9. The highest BCUT2D eigenvalue weighted by Gasteiger charge is 2.22. The fourth-order valence-corrected chi connectivity index (χ4v) is 4.13. The number of thiazole rings is 1. The number of benzene rings is 2. The maximum absolute atomic E-state index is 13.4. The zero-order valence-corrected chi connectivity index (χ0v) is 20.3. The average Bonchev–Trinajstić information content (AvgIpc) is 3.19. The first-order chi connectivity index (χ1) is 14.9. The fraction of sp³-hybridized carbons (Fsp3) is 0.348. The van der Waals surface area contributed by atoms with E-state index in [1.807, 2.05) is 39.2 Å². The molecule has 0 atom stereocenters. The van der Waals surface area contributed by atoms with Crippen LogP contribution in [0.25, 0.3) is 10.2 Å². The van der Waals surface area contributed by atoms with Crippen LogP contribution in [-0.4, -0.2) is 62.7 Å². The van der Waals surface area contributed by atoms with Crippen LogP contribution in [0.15, 0.2) is 42.5 Å². The SMILES string of the molecule is CCOc1ccc2nc(N(CCCN(C)C)C(=O)c3ccc(C(=O)OC)cc3)sc2c1.Cl. The third-order valence-electron chi connectivity index (χ3n) is 4.68. The molecule has 2 aromatic carbocycles. The van der Waals surface area contributed by atoms with Gasteiger partial charge in [-0.15, -0.1) is 12.4 Å². The van der Waals surface area contributed by atoms with E-state index in [0.29, 0.717) is 29.4 Å². The molecule has 9 heteroatoms. The molecule has 1 aromatic heterocycles. The largest absolute Gasteiger partial charge is 0.494 e. The lowest BCUT2D eigenvalue weighted by Gasteiger charge is -2.21. The molecule has 0 aliphatic rings. The molecule has 3 aromatic rings. The summed E-state index contributed by atoms with van der Waals surface area (Å²) in [5.41, 5.74) is 1.73. The number of carbonyl (C=O) groups excluding carboxylic acids is 2. The summed E-state index contributed by atoms with van der Waals surface area (Å²) in [6.07, 6.45) is 0.805. The predicted octanol–water partition coefficient (Wildman–Crippen LogP) is 4.50. The van der Waals surface area contributed by atoms with Gasteiger partial charge in [0.25, 0.3) is 5.91 Å². The van der Waals surface area contributed by atoms with E-state index in [4.69, 9.17) is 14.5 Å². The maximum Gasteiger partial charge on any atom is 0.337 e. The average molecular weight is 478 g/mol. The first-order valence-electron chi connectivity index (χ1n) is 10.1. The summed E-state index contributed by atoms with van der Waals surface area (Å²) in [4.78, 5) is 33.5. The van der Waals surface area contributed by atoms with Gasteiger partial charge in [-0.2, -0.15) is 0 Å². The van der Waals surface area contributed by atoms with Crippen molar-refractivity contribution in [1.82, 2.24) is 9.88 Å². The number of fused-ring (bicyclic) bond motifs is 1. The maximum atomic E-state index is 13.4. The molecule has 0 unspecified atom stereocenters. The van der Waals surface area contributed by atoms with Gasteiger partial charge in [0.1, 0.15) is 5.75 Å². The standard InChI is InChI=1S/C23H27N3O4S.ClH/c1-5-30-18-11-12-19-20(15-18)31-23(24-19)26(14-6-13-25(2)3)21(27)16-7-9-17(10-8-16)22(28)29-4;/h7-12,15H,5-6,13-14H2,1-4H3;1H. The Labute approximate surface area is 198 Å². The van der Waals surface area contributed by atoms with E-state index in [9.17, 15) is 9.59 Å². The second-order valence-corrected chi connectivity index (χ2v) is 8.25. The Balaban J connectivity index is 0.00000363. The van der Waals surface area contributed by atoms with Gasteiger partial charge in [0.05, 0.1) is 29.5 Å². The Bertz CT molecular complexity index is 1050. The van der Waals surface area contributed by atoms with Crippen LogP contribution in [-0.2, 0) is 4.74 Å². The van der Waals surface area contributed by atoms with Gasteiger partial charge in [0.2, 0.25) is 0 Å². The van der Waals surface area contributed by atoms with Gasteiger partial charge in [-0.3, -0.25) is 9.69 Å². The highest BCUT2D eigenvalue weighted by atomic mass is 35.5. The Hall–Kier alpha value is -2.68. The van der Waals surface area contributed by atoms with Crippen LogP contribution < -0.4 is 9.64 Å². The monoisotopic (exact) mass is 477 g/mol. The smallest absolute Gasteiger partial charge is 0.337 e. The molecule has 0 N–H and O–H groups in total. The fourth-order valence-electron chi connectivity index (χ4n) is 3.12. The first kappa shape index (κ1) is 25.6. The van der Waals surface area contributed by atoms with Crippen LogP contribution in [0.3, 0.4) is 0 Å². The van der Waals surface area contributed by atoms with Gasteiger partial charge in [-0.05, 0) is 76.4 Å². The highest BCUT2D eigenvalue weighted by Crippen LogP contribution is 2.32. The number of ether oxygens (including phenoxy) is 2. The number of methoxy groups -OCH3 is 1. The number of hydrogen-bond donors (Lipinski definition) is 0. The minimum absolute atomic E-state index is 0. The van der Waals surface area contributed by atoms with Crippen LogP contribution in [0.4, 0.5) is 5.13 Å². The van der Waals surface area contributed by atoms with Crippen LogP contribution in [0.2, 0.25) is 0 Å². The van der Waals surface area contributed by atoms with Crippen molar-refractivity contribution in [3.05, 3.63) is 53.6 Å². The lowest BCUT2D eigenvalue weighted by atomic mass is 10.1. The summed E-state index contributed by atoms with van der Waals surface area (Å²) >= 11 is 1.47. The van der Waals surface area contributed by atoms with E-state index in [0.717, 1.165) is 28.9 Å². The topological polar surface area (TPSA) is 72.0 Å². The van der Waals surface area contributed by atoms with E-state index in [1.54, 1.807) is 29.2 Å². The lowest BCUT2D eigenvalue weighted by Crippen LogP contribution is -2.33. The summed E-state index contributed by atoms with van der Waals surface area (Å²) < 4.78 is 11.3. The summed E-state index contributed by atoms with van der Waals surface area (Å²) in [6.45, 7) is 3.92. The summed E-state index contributed by atoms with van der Waals surface area (Å²) in [7, 11) is 5.34. The molecule has 1 heterocycles. The molecular weight excluding hydrogens is 450 g/mol. The third-order valence-corrected chi connectivity index (χ3v) is 5.72. The molecule has 0 bridgehead atoms. The molecule has 0 saturated carbocycles. The highest BCUT2D eigenvalue weighted by molar-refractivity contribution is 7.22. The van der Waals surface area contributed by atoms with E-state index in [2.05, 4.69) is 4.90 Å². The van der Waals surface area contributed by atoms with Gasteiger partial charge in [-0.1, -0.05) is 11.3 Å². The van der Waals surface area contributed by atoms with Crippen molar-refractivity contribution < 1.29 is 19.1 Å². The van der Waals surface area contributed by atoms with Crippen LogP contribution in [0.5, 0.6) is 5.75 Å². The molecule has 0 fully saturated rings. The number of hydrogen-bond acceptors (Lipinski definition) is 7. The van der Waals surface area contributed by atoms with E-state index in [1.165, 1.54) is 18.4 Å². The van der Waals surface area contributed by atoms with Crippen LogP contribution in [0.1, 0.15) is 34.1 Å². The number of amides is 1. The zero-order valence-electron chi connectivity index (χ0n) is 18.7. The normalized spacial score (nSPS) is 10.7. The second kappa shape index (κ2) is 11.8. The van der Waals surface area contributed by atoms with E-state index in [-0.39, 0.29) is 18.3 Å². The van der Waals surface area contributed by atoms with Crippen LogP contribution in [0, 0.1) is 0 Å². The molecule has 0 spiro atoms. The van der Waals surface area contributed by atoms with Crippen molar-refractivity contribution in [1.29, 1.82) is 0 Å². The quantitative estimate of drug-likeness (QED) is 0.422. The van der Waals surface area contributed by atoms with Gasteiger partial charge < -0.3 is 14.4 Å². The summed E-state index contributed by atoms with van der Waals surface area (Å²) in [5.74, 6) is 0.200. The second-order valence-electron chi connectivity index (χ2n) is 7.24. The van der Waals surface area contributed by atoms with Crippen LogP contribution >= 0.6 is 23.7 Å². The van der Waals surface area contributed by atoms with Gasteiger partial charge >= 0.3 is 5.97 Å². The number of carbonyl (C=O) groups is 2. The minimum Gasteiger partial charge on any atom is -0.494 e. The van der Waals surface area contributed by atoms with Crippen molar-refractivity contribution >= 4 is 51.0 Å². The van der Waals surface area contributed by atoms with Gasteiger partial charge in [-0.25, -0.2) is 9.78 Å².